The Morgan fingerprint density at radius 1 is 1.19 bits per heavy atom. The summed E-state index contributed by atoms with van der Waals surface area (Å²) in [6.07, 6.45) is 0. The van der Waals surface area contributed by atoms with Gasteiger partial charge >= 0.3 is 0 Å². The SMILES string of the molecule is CCn1c(COc2ccc(F)cc2Cl)nnc1SCc1cccc(C)c1. The zero-order valence-corrected chi connectivity index (χ0v) is 16.1. The molecule has 4 nitrogen and oxygen atoms in total. The third-order valence-corrected chi connectivity index (χ3v) is 5.14. The highest BCUT2D eigenvalue weighted by Crippen LogP contribution is 2.27. The van der Waals surface area contributed by atoms with Gasteiger partial charge in [0.05, 0.1) is 5.02 Å². The van der Waals surface area contributed by atoms with Crippen LogP contribution in [-0.2, 0) is 18.9 Å². The number of thioether (sulfide) groups is 1. The fraction of sp³-hybridized carbons (Fsp3) is 0.263. The molecular weight excluding hydrogens is 373 g/mol. The summed E-state index contributed by atoms with van der Waals surface area (Å²) in [5, 5.41) is 9.59. The quantitative estimate of drug-likeness (QED) is 0.514. The van der Waals surface area contributed by atoms with Crippen molar-refractivity contribution < 1.29 is 9.13 Å². The molecule has 0 aliphatic heterocycles. The van der Waals surface area contributed by atoms with Crippen molar-refractivity contribution in [3.63, 3.8) is 0 Å². The van der Waals surface area contributed by atoms with Gasteiger partial charge in [0.25, 0.3) is 0 Å². The predicted octanol–water partition coefficient (Wildman–Crippen LogP) is 5.27. The molecule has 0 atom stereocenters. The Balaban J connectivity index is 1.67. The second-order valence-electron chi connectivity index (χ2n) is 5.78. The van der Waals surface area contributed by atoms with Crippen LogP contribution in [0.3, 0.4) is 0 Å². The van der Waals surface area contributed by atoms with E-state index >= 15 is 0 Å². The standard InChI is InChI=1S/C19H19ClFN3OS/c1-3-24-18(11-25-17-8-7-15(21)10-16(17)20)22-23-19(24)26-12-14-6-4-5-13(2)9-14/h4-10H,3,11-12H2,1-2H3. The summed E-state index contributed by atoms with van der Waals surface area (Å²) in [6, 6.07) is 12.5. The molecule has 0 aliphatic rings. The molecule has 1 aromatic heterocycles. The van der Waals surface area contributed by atoms with E-state index in [1.165, 1.54) is 29.3 Å². The molecule has 0 radical (unpaired) electrons. The van der Waals surface area contributed by atoms with E-state index < -0.39 is 5.82 Å². The molecule has 7 heteroatoms. The number of nitrogens with zero attached hydrogens (tertiary/aromatic N) is 3. The number of halogens is 2. The Hall–Kier alpha value is -2.05. The minimum Gasteiger partial charge on any atom is -0.484 e. The van der Waals surface area contributed by atoms with Gasteiger partial charge in [-0.15, -0.1) is 10.2 Å². The smallest absolute Gasteiger partial charge is 0.191 e. The highest BCUT2D eigenvalue weighted by molar-refractivity contribution is 7.98. The Kier molecular flexibility index (Phi) is 6.16. The second-order valence-corrected chi connectivity index (χ2v) is 7.13. The summed E-state index contributed by atoms with van der Waals surface area (Å²) >= 11 is 7.63. The monoisotopic (exact) mass is 391 g/mol. The summed E-state index contributed by atoms with van der Waals surface area (Å²) < 4.78 is 20.8. The lowest BCUT2D eigenvalue weighted by Gasteiger charge is -2.10. The summed E-state index contributed by atoms with van der Waals surface area (Å²) in [4.78, 5) is 0. The van der Waals surface area contributed by atoms with Gasteiger partial charge in [-0.1, -0.05) is 53.2 Å². The fourth-order valence-corrected chi connectivity index (χ4v) is 3.72. The molecule has 3 aromatic rings. The van der Waals surface area contributed by atoms with E-state index in [2.05, 4.69) is 41.4 Å². The third kappa shape index (κ3) is 4.56. The van der Waals surface area contributed by atoms with Gasteiger partial charge in [0.2, 0.25) is 0 Å². The Morgan fingerprint density at radius 3 is 2.77 bits per heavy atom. The number of aryl methyl sites for hydroxylation is 1. The minimum atomic E-state index is -0.395. The van der Waals surface area contributed by atoms with Crippen molar-refractivity contribution >= 4 is 23.4 Å². The van der Waals surface area contributed by atoms with Gasteiger partial charge in [0.15, 0.2) is 11.0 Å². The molecule has 0 spiro atoms. The van der Waals surface area contributed by atoms with Crippen molar-refractivity contribution in [3.05, 3.63) is 70.3 Å². The highest BCUT2D eigenvalue weighted by atomic mass is 35.5. The topological polar surface area (TPSA) is 39.9 Å². The fourth-order valence-electron chi connectivity index (χ4n) is 2.53. The van der Waals surface area contributed by atoms with Crippen LogP contribution < -0.4 is 4.74 Å². The van der Waals surface area contributed by atoms with Crippen molar-refractivity contribution in [1.29, 1.82) is 0 Å². The van der Waals surface area contributed by atoms with E-state index in [9.17, 15) is 4.39 Å². The van der Waals surface area contributed by atoms with Gasteiger partial charge in [-0.3, -0.25) is 0 Å². The summed E-state index contributed by atoms with van der Waals surface area (Å²) in [5.74, 6) is 1.56. The van der Waals surface area contributed by atoms with Gasteiger partial charge in [-0.05, 0) is 37.6 Å². The molecule has 3 rings (SSSR count). The van der Waals surface area contributed by atoms with Crippen LogP contribution in [0, 0.1) is 12.7 Å². The molecule has 0 unspecified atom stereocenters. The predicted molar refractivity (Wildman–Crippen MR) is 102 cm³/mol. The van der Waals surface area contributed by atoms with Crippen LogP contribution in [0.2, 0.25) is 5.02 Å². The van der Waals surface area contributed by atoms with Gasteiger partial charge in [-0.2, -0.15) is 0 Å². The Labute approximate surface area is 161 Å². The number of hydrogen-bond acceptors (Lipinski definition) is 4. The van der Waals surface area contributed by atoms with E-state index in [4.69, 9.17) is 16.3 Å². The first-order valence-electron chi connectivity index (χ1n) is 8.25. The minimum absolute atomic E-state index is 0.219. The molecule has 0 saturated carbocycles. The summed E-state index contributed by atoms with van der Waals surface area (Å²) in [5.41, 5.74) is 2.49. The van der Waals surface area contributed by atoms with Gasteiger partial charge in [0, 0.05) is 12.3 Å². The summed E-state index contributed by atoms with van der Waals surface area (Å²) in [6.45, 7) is 5.07. The lowest BCUT2D eigenvalue weighted by molar-refractivity contribution is 0.288. The summed E-state index contributed by atoms with van der Waals surface area (Å²) in [7, 11) is 0. The van der Waals surface area contributed by atoms with Crippen LogP contribution in [0.5, 0.6) is 5.75 Å². The third-order valence-electron chi connectivity index (χ3n) is 3.81. The molecule has 136 valence electrons. The zero-order valence-electron chi connectivity index (χ0n) is 14.6. The van der Waals surface area contributed by atoms with Crippen molar-refractivity contribution in [3.8, 4) is 5.75 Å². The number of hydrogen-bond donors (Lipinski definition) is 0. The van der Waals surface area contributed by atoms with Crippen LogP contribution in [0.25, 0.3) is 0 Å². The number of ether oxygens (including phenoxy) is 1. The zero-order chi connectivity index (χ0) is 18.5. The van der Waals surface area contributed by atoms with E-state index in [-0.39, 0.29) is 11.6 Å². The van der Waals surface area contributed by atoms with Gasteiger partial charge in [-0.25, -0.2) is 4.39 Å². The maximum atomic E-state index is 13.1. The molecule has 1 heterocycles. The molecule has 0 N–H and O–H groups in total. The molecular formula is C19H19ClFN3OS. The van der Waals surface area contributed by atoms with E-state index in [0.29, 0.717) is 11.6 Å². The second kappa shape index (κ2) is 8.56. The van der Waals surface area contributed by atoms with Crippen LogP contribution in [0.15, 0.2) is 47.6 Å². The average Bonchev–Trinajstić information content (AvgIpc) is 3.01. The van der Waals surface area contributed by atoms with Crippen LogP contribution in [0.4, 0.5) is 4.39 Å². The Morgan fingerprint density at radius 2 is 2.04 bits per heavy atom. The number of benzene rings is 2. The molecule has 0 bridgehead atoms. The molecule has 2 aromatic carbocycles. The van der Waals surface area contributed by atoms with Gasteiger partial charge < -0.3 is 9.30 Å². The molecule has 0 fully saturated rings. The van der Waals surface area contributed by atoms with Crippen molar-refractivity contribution in [2.45, 2.75) is 37.9 Å². The largest absolute Gasteiger partial charge is 0.484 e. The molecule has 0 amide bonds. The Bertz CT molecular complexity index is 900. The molecule has 0 saturated heterocycles. The molecule has 0 aliphatic carbocycles. The van der Waals surface area contributed by atoms with E-state index in [0.717, 1.165) is 17.5 Å². The van der Waals surface area contributed by atoms with E-state index in [1.54, 1.807) is 11.8 Å². The molecule has 26 heavy (non-hydrogen) atoms. The van der Waals surface area contributed by atoms with Crippen LogP contribution >= 0.6 is 23.4 Å². The first kappa shape index (κ1) is 18.7. The maximum Gasteiger partial charge on any atom is 0.191 e. The van der Waals surface area contributed by atoms with E-state index in [1.807, 2.05) is 11.5 Å². The lowest BCUT2D eigenvalue weighted by Crippen LogP contribution is -2.07. The highest BCUT2D eigenvalue weighted by Gasteiger charge is 2.13. The van der Waals surface area contributed by atoms with Crippen LogP contribution in [0.1, 0.15) is 23.9 Å². The lowest BCUT2D eigenvalue weighted by atomic mass is 10.2. The first-order chi connectivity index (χ1) is 12.6. The normalized spacial score (nSPS) is 10.9. The number of rotatable bonds is 7. The maximum absolute atomic E-state index is 13.1. The van der Waals surface area contributed by atoms with Crippen molar-refractivity contribution in [1.82, 2.24) is 14.8 Å². The van der Waals surface area contributed by atoms with Gasteiger partial charge in [0.1, 0.15) is 18.2 Å². The average molecular weight is 392 g/mol. The van der Waals surface area contributed by atoms with Crippen molar-refractivity contribution in [2.24, 2.45) is 0 Å². The number of aromatic nitrogens is 3. The van der Waals surface area contributed by atoms with Crippen molar-refractivity contribution in [2.75, 3.05) is 0 Å². The van der Waals surface area contributed by atoms with Crippen LogP contribution in [-0.4, -0.2) is 14.8 Å². The first-order valence-corrected chi connectivity index (χ1v) is 9.61.